The molecule has 74 valence electrons. The average Bonchev–Trinajstić information content (AvgIpc) is 2.16. The Morgan fingerprint density at radius 1 is 1.15 bits per heavy atom. The quantitative estimate of drug-likeness (QED) is 0.624. The lowest BCUT2D eigenvalue weighted by Gasteiger charge is -2.01. The number of rotatable bonds is 1. The van der Waals surface area contributed by atoms with Crippen LogP contribution in [-0.2, 0) is 6.42 Å². The number of hydrogen-bond donors (Lipinski definition) is 0. The highest BCUT2D eigenvalue weighted by Crippen LogP contribution is 2.13. The van der Waals surface area contributed by atoms with E-state index in [1.54, 1.807) is 13.0 Å². The van der Waals surface area contributed by atoms with Gasteiger partial charge in [-0.1, -0.05) is 26.8 Å². The standard InChI is InChI=1S/C9H10F2.C2H6/c1-3-7-4-6(2)9(11)8(10)5-7;1-2/h4-5H,3H2,1-2H3;1-2H3. The summed E-state index contributed by atoms with van der Waals surface area (Å²) in [6.45, 7) is 7.48. The molecular formula is C11H16F2. The molecule has 0 bridgehead atoms. The van der Waals surface area contributed by atoms with Gasteiger partial charge in [0.1, 0.15) is 0 Å². The molecule has 0 aliphatic heterocycles. The Bertz CT molecular complexity index is 244. The van der Waals surface area contributed by atoms with Gasteiger partial charge in [0, 0.05) is 0 Å². The second-order valence-corrected chi connectivity index (χ2v) is 2.56. The molecule has 0 aliphatic rings. The van der Waals surface area contributed by atoms with Gasteiger partial charge >= 0.3 is 0 Å². The van der Waals surface area contributed by atoms with Crippen molar-refractivity contribution in [3.8, 4) is 0 Å². The molecule has 1 aromatic rings. The smallest absolute Gasteiger partial charge is 0.161 e. The first-order valence-electron chi connectivity index (χ1n) is 4.59. The molecule has 0 aromatic heterocycles. The van der Waals surface area contributed by atoms with Gasteiger partial charge in [-0.3, -0.25) is 0 Å². The monoisotopic (exact) mass is 186 g/mol. The van der Waals surface area contributed by atoms with Gasteiger partial charge < -0.3 is 0 Å². The van der Waals surface area contributed by atoms with Gasteiger partial charge in [-0.2, -0.15) is 0 Å². The minimum Gasteiger partial charge on any atom is -0.204 e. The molecule has 0 saturated carbocycles. The Kier molecular flexibility index (Phi) is 5.28. The number of aryl methyl sites for hydroxylation is 2. The molecule has 0 atom stereocenters. The van der Waals surface area contributed by atoms with Gasteiger partial charge in [0.25, 0.3) is 0 Å². The fraction of sp³-hybridized carbons (Fsp3) is 0.455. The molecule has 0 heterocycles. The van der Waals surface area contributed by atoms with Gasteiger partial charge in [0.05, 0.1) is 0 Å². The van der Waals surface area contributed by atoms with Gasteiger partial charge in [-0.25, -0.2) is 8.78 Å². The third kappa shape index (κ3) is 3.13. The minimum atomic E-state index is -0.748. The second-order valence-electron chi connectivity index (χ2n) is 2.56. The van der Waals surface area contributed by atoms with Gasteiger partial charge in [0.2, 0.25) is 0 Å². The van der Waals surface area contributed by atoms with E-state index in [2.05, 4.69) is 0 Å². The number of halogens is 2. The first kappa shape index (κ1) is 12.1. The van der Waals surface area contributed by atoms with Gasteiger partial charge in [-0.15, -0.1) is 0 Å². The van der Waals surface area contributed by atoms with Gasteiger partial charge in [0.15, 0.2) is 11.6 Å². The third-order valence-corrected chi connectivity index (χ3v) is 1.68. The fourth-order valence-corrected chi connectivity index (χ4v) is 1.00. The van der Waals surface area contributed by atoms with Crippen LogP contribution in [0.2, 0.25) is 0 Å². The van der Waals surface area contributed by atoms with Crippen LogP contribution in [0.25, 0.3) is 0 Å². The summed E-state index contributed by atoms with van der Waals surface area (Å²) in [4.78, 5) is 0. The van der Waals surface area contributed by atoms with Crippen LogP contribution in [0.5, 0.6) is 0 Å². The van der Waals surface area contributed by atoms with E-state index in [-0.39, 0.29) is 0 Å². The molecule has 0 spiro atoms. The third-order valence-electron chi connectivity index (χ3n) is 1.68. The average molecular weight is 186 g/mol. The molecule has 0 fully saturated rings. The van der Waals surface area contributed by atoms with Crippen molar-refractivity contribution in [2.75, 3.05) is 0 Å². The van der Waals surface area contributed by atoms with Crippen LogP contribution in [0.1, 0.15) is 31.9 Å². The maximum Gasteiger partial charge on any atom is 0.161 e. The maximum absolute atomic E-state index is 12.7. The predicted molar refractivity (Wildman–Crippen MR) is 51.8 cm³/mol. The van der Waals surface area contributed by atoms with Crippen LogP contribution >= 0.6 is 0 Å². The highest BCUT2D eigenvalue weighted by Gasteiger charge is 2.05. The Balaban J connectivity index is 0.000000671. The zero-order chi connectivity index (χ0) is 10.4. The lowest BCUT2D eigenvalue weighted by Crippen LogP contribution is -1.91. The molecule has 2 heteroatoms. The summed E-state index contributed by atoms with van der Waals surface area (Å²) in [6.07, 6.45) is 0.734. The van der Waals surface area contributed by atoms with Crippen LogP contribution in [0.3, 0.4) is 0 Å². The normalized spacial score (nSPS) is 9.08. The lowest BCUT2D eigenvalue weighted by molar-refractivity contribution is 0.501. The Labute approximate surface area is 78.6 Å². The molecule has 0 unspecified atom stereocenters. The maximum atomic E-state index is 12.7. The molecule has 0 radical (unpaired) electrons. The molecule has 13 heavy (non-hydrogen) atoms. The second kappa shape index (κ2) is 5.68. The molecule has 0 amide bonds. The van der Waals surface area contributed by atoms with E-state index in [0.717, 1.165) is 12.0 Å². The van der Waals surface area contributed by atoms with Crippen molar-refractivity contribution in [2.24, 2.45) is 0 Å². The number of hydrogen-bond acceptors (Lipinski definition) is 0. The summed E-state index contributed by atoms with van der Waals surface area (Å²) in [7, 11) is 0. The highest BCUT2D eigenvalue weighted by atomic mass is 19.2. The first-order chi connectivity index (χ1) is 6.15. The zero-order valence-corrected chi connectivity index (χ0v) is 8.62. The van der Waals surface area contributed by atoms with Crippen molar-refractivity contribution >= 4 is 0 Å². The molecule has 0 nitrogen and oxygen atoms in total. The SMILES string of the molecule is CC.CCc1cc(C)c(F)c(F)c1. The molecule has 1 rings (SSSR count). The van der Waals surface area contributed by atoms with Crippen LogP contribution in [-0.4, -0.2) is 0 Å². The Morgan fingerprint density at radius 2 is 1.69 bits per heavy atom. The molecular weight excluding hydrogens is 170 g/mol. The van der Waals surface area contributed by atoms with Crippen molar-refractivity contribution in [2.45, 2.75) is 34.1 Å². The van der Waals surface area contributed by atoms with E-state index in [4.69, 9.17) is 0 Å². The van der Waals surface area contributed by atoms with Crippen LogP contribution < -0.4 is 0 Å². The van der Waals surface area contributed by atoms with E-state index in [9.17, 15) is 8.78 Å². The minimum absolute atomic E-state index is 0.377. The fourth-order valence-electron chi connectivity index (χ4n) is 1.00. The molecule has 0 N–H and O–H groups in total. The Hall–Kier alpha value is -0.920. The summed E-state index contributed by atoms with van der Waals surface area (Å²) < 4.78 is 25.3. The van der Waals surface area contributed by atoms with Crippen LogP contribution in [0, 0.1) is 18.6 Å². The molecule has 1 aromatic carbocycles. The highest BCUT2D eigenvalue weighted by molar-refractivity contribution is 5.25. The Morgan fingerprint density at radius 3 is 2.08 bits per heavy atom. The number of benzene rings is 1. The van der Waals surface area contributed by atoms with E-state index in [1.165, 1.54) is 6.07 Å². The lowest BCUT2D eigenvalue weighted by atomic mass is 10.1. The van der Waals surface area contributed by atoms with Crippen molar-refractivity contribution in [1.82, 2.24) is 0 Å². The summed E-state index contributed by atoms with van der Waals surface area (Å²) >= 11 is 0. The van der Waals surface area contributed by atoms with Crippen molar-refractivity contribution in [3.63, 3.8) is 0 Å². The van der Waals surface area contributed by atoms with Crippen LogP contribution in [0.4, 0.5) is 8.78 Å². The first-order valence-corrected chi connectivity index (χ1v) is 4.59. The van der Waals surface area contributed by atoms with E-state index in [1.807, 2.05) is 20.8 Å². The van der Waals surface area contributed by atoms with E-state index >= 15 is 0 Å². The summed E-state index contributed by atoms with van der Waals surface area (Å²) in [5, 5.41) is 0. The van der Waals surface area contributed by atoms with E-state index < -0.39 is 11.6 Å². The predicted octanol–water partition coefficient (Wildman–Crippen LogP) is 3.86. The molecule has 0 saturated heterocycles. The van der Waals surface area contributed by atoms with E-state index in [0.29, 0.717) is 5.56 Å². The van der Waals surface area contributed by atoms with Crippen LogP contribution in [0.15, 0.2) is 12.1 Å². The molecule has 0 aliphatic carbocycles. The topological polar surface area (TPSA) is 0 Å². The van der Waals surface area contributed by atoms with Crippen molar-refractivity contribution < 1.29 is 8.78 Å². The summed E-state index contributed by atoms with van der Waals surface area (Å²) in [5.41, 5.74) is 1.21. The summed E-state index contributed by atoms with van der Waals surface area (Å²) in [6, 6.07) is 2.90. The van der Waals surface area contributed by atoms with Crippen molar-refractivity contribution in [1.29, 1.82) is 0 Å². The summed E-state index contributed by atoms with van der Waals surface area (Å²) in [5.74, 6) is -1.48. The largest absolute Gasteiger partial charge is 0.204 e. The van der Waals surface area contributed by atoms with Crippen molar-refractivity contribution in [3.05, 3.63) is 34.9 Å². The van der Waals surface area contributed by atoms with Gasteiger partial charge in [-0.05, 0) is 30.5 Å². The zero-order valence-electron chi connectivity index (χ0n) is 8.62.